The van der Waals surface area contributed by atoms with E-state index in [4.69, 9.17) is 5.11 Å². The Morgan fingerprint density at radius 2 is 1.95 bits per heavy atom. The van der Waals surface area contributed by atoms with Gasteiger partial charge in [0.2, 0.25) is 0 Å². The number of rotatable bonds is 4. The molecule has 1 aromatic rings. The average Bonchev–Trinajstić information content (AvgIpc) is 2.54. The summed E-state index contributed by atoms with van der Waals surface area (Å²) in [4.78, 5) is 35.7. The second kappa shape index (κ2) is 4.84. The van der Waals surface area contributed by atoms with E-state index in [1.807, 2.05) is 19.9 Å². The Hall–Kier alpha value is -2.17. The number of amides is 1. The van der Waals surface area contributed by atoms with Crippen molar-refractivity contribution in [2.75, 3.05) is 11.4 Å². The Labute approximate surface area is 110 Å². The van der Waals surface area contributed by atoms with Crippen molar-refractivity contribution in [2.45, 2.75) is 26.7 Å². The molecule has 0 saturated heterocycles. The number of fused-ring (bicyclic) bond motifs is 1. The molecule has 0 spiro atoms. The predicted octanol–water partition coefficient (Wildman–Crippen LogP) is 1.70. The van der Waals surface area contributed by atoms with E-state index in [0.29, 0.717) is 17.7 Å². The Morgan fingerprint density at radius 1 is 1.26 bits per heavy atom. The summed E-state index contributed by atoms with van der Waals surface area (Å²) in [6.45, 7) is 3.98. The molecule has 2 rings (SSSR count). The SMILES string of the molecule is Cc1cc(C)c2c(c1)C(=O)C(=O)N2CCCC(=O)O. The summed E-state index contributed by atoms with van der Waals surface area (Å²) < 4.78 is 0. The summed E-state index contributed by atoms with van der Waals surface area (Å²) in [5.41, 5.74) is 2.86. The molecule has 1 amide bonds. The van der Waals surface area contributed by atoms with Crippen molar-refractivity contribution in [1.29, 1.82) is 0 Å². The number of Topliss-reactive ketones (excluding diaryl/α,β-unsaturated/α-hetero) is 1. The summed E-state index contributed by atoms with van der Waals surface area (Å²) in [7, 11) is 0. The highest BCUT2D eigenvalue weighted by Gasteiger charge is 2.36. The van der Waals surface area contributed by atoms with Crippen molar-refractivity contribution in [3.05, 3.63) is 28.8 Å². The minimum atomic E-state index is -0.904. The molecule has 0 fully saturated rings. The number of carboxylic acids is 1. The highest BCUT2D eigenvalue weighted by atomic mass is 16.4. The topological polar surface area (TPSA) is 74.7 Å². The maximum Gasteiger partial charge on any atom is 0.303 e. The fourth-order valence-corrected chi connectivity index (χ4v) is 2.43. The minimum Gasteiger partial charge on any atom is -0.481 e. The van der Waals surface area contributed by atoms with Gasteiger partial charge in [-0.1, -0.05) is 6.07 Å². The van der Waals surface area contributed by atoms with Crippen molar-refractivity contribution < 1.29 is 19.5 Å². The Kier molecular flexibility index (Phi) is 3.38. The van der Waals surface area contributed by atoms with Gasteiger partial charge < -0.3 is 10.0 Å². The normalized spacial score (nSPS) is 13.9. The van der Waals surface area contributed by atoms with Crippen LogP contribution in [-0.4, -0.2) is 29.3 Å². The molecule has 0 bridgehead atoms. The van der Waals surface area contributed by atoms with E-state index in [-0.39, 0.29) is 13.0 Å². The third kappa shape index (κ3) is 2.36. The summed E-state index contributed by atoms with van der Waals surface area (Å²) in [6, 6.07) is 3.62. The molecule has 1 aliphatic rings. The van der Waals surface area contributed by atoms with E-state index in [1.165, 1.54) is 4.90 Å². The van der Waals surface area contributed by atoms with Crippen LogP contribution in [0.4, 0.5) is 5.69 Å². The molecule has 0 radical (unpaired) electrons. The molecule has 0 saturated carbocycles. The lowest BCUT2D eigenvalue weighted by Gasteiger charge is -2.18. The highest BCUT2D eigenvalue weighted by molar-refractivity contribution is 6.52. The van der Waals surface area contributed by atoms with Gasteiger partial charge in [-0.3, -0.25) is 14.4 Å². The number of aliphatic carboxylic acids is 1. The van der Waals surface area contributed by atoms with Crippen LogP contribution in [0.5, 0.6) is 0 Å². The largest absolute Gasteiger partial charge is 0.481 e. The molecule has 0 aliphatic carbocycles. The zero-order valence-corrected chi connectivity index (χ0v) is 10.9. The first-order valence-electron chi connectivity index (χ1n) is 6.11. The van der Waals surface area contributed by atoms with Crippen LogP contribution in [0.2, 0.25) is 0 Å². The second-order valence-corrected chi connectivity index (χ2v) is 4.76. The molecular formula is C14H15NO4. The number of carbonyl (C=O) groups is 3. The fourth-order valence-electron chi connectivity index (χ4n) is 2.43. The molecule has 1 heterocycles. The number of anilines is 1. The number of hydrogen-bond acceptors (Lipinski definition) is 3. The van der Waals surface area contributed by atoms with Crippen LogP contribution in [0.25, 0.3) is 0 Å². The number of aryl methyl sites for hydroxylation is 2. The molecule has 1 N–H and O–H groups in total. The number of carbonyl (C=O) groups excluding carboxylic acids is 2. The molecule has 5 heteroatoms. The van der Waals surface area contributed by atoms with Crippen molar-refractivity contribution in [3.63, 3.8) is 0 Å². The van der Waals surface area contributed by atoms with Gasteiger partial charge in [-0.05, 0) is 37.5 Å². The summed E-state index contributed by atoms with van der Waals surface area (Å²) in [6.07, 6.45) is 0.319. The van der Waals surface area contributed by atoms with Gasteiger partial charge in [-0.15, -0.1) is 0 Å². The number of benzene rings is 1. The van der Waals surface area contributed by atoms with Gasteiger partial charge in [0.15, 0.2) is 0 Å². The molecule has 0 unspecified atom stereocenters. The van der Waals surface area contributed by atoms with Gasteiger partial charge in [-0.2, -0.15) is 0 Å². The first kappa shape index (κ1) is 13.3. The lowest BCUT2D eigenvalue weighted by atomic mass is 10.0. The minimum absolute atomic E-state index is 0.0157. The van der Waals surface area contributed by atoms with E-state index < -0.39 is 17.7 Å². The number of hydrogen-bond donors (Lipinski definition) is 1. The molecule has 5 nitrogen and oxygen atoms in total. The van der Waals surface area contributed by atoms with Gasteiger partial charge in [0, 0.05) is 13.0 Å². The molecule has 1 aliphatic heterocycles. The molecule has 0 atom stereocenters. The monoisotopic (exact) mass is 261 g/mol. The Morgan fingerprint density at radius 3 is 2.58 bits per heavy atom. The number of carboxylic acid groups (broad SMARTS) is 1. The summed E-state index contributed by atoms with van der Waals surface area (Å²) in [5, 5.41) is 8.62. The van der Waals surface area contributed by atoms with Crippen LogP contribution in [0, 0.1) is 13.8 Å². The van der Waals surface area contributed by atoms with Crippen LogP contribution < -0.4 is 4.90 Å². The van der Waals surface area contributed by atoms with Gasteiger partial charge in [0.1, 0.15) is 0 Å². The maximum atomic E-state index is 11.9. The van der Waals surface area contributed by atoms with Crippen LogP contribution >= 0.6 is 0 Å². The molecular weight excluding hydrogens is 246 g/mol. The lowest BCUT2D eigenvalue weighted by Crippen LogP contribution is -2.31. The Bertz CT molecular complexity index is 577. The second-order valence-electron chi connectivity index (χ2n) is 4.76. The zero-order valence-electron chi connectivity index (χ0n) is 10.9. The zero-order chi connectivity index (χ0) is 14.2. The third-order valence-corrected chi connectivity index (χ3v) is 3.17. The average molecular weight is 261 g/mol. The molecule has 0 aromatic heterocycles. The Balaban J connectivity index is 2.31. The fraction of sp³-hybridized carbons (Fsp3) is 0.357. The van der Waals surface area contributed by atoms with Gasteiger partial charge >= 0.3 is 5.97 Å². The van der Waals surface area contributed by atoms with Gasteiger partial charge in [0.05, 0.1) is 11.3 Å². The molecule has 100 valence electrons. The third-order valence-electron chi connectivity index (χ3n) is 3.17. The molecule has 1 aromatic carbocycles. The van der Waals surface area contributed by atoms with Crippen molar-refractivity contribution in [1.82, 2.24) is 0 Å². The van der Waals surface area contributed by atoms with Crippen LogP contribution in [0.15, 0.2) is 12.1 Å². The standard InChI is InChI=1S/C14H15NO4/c1-8-6-9(2)12-10(7-8)13(18)14(19)15(12)5-3-4-11(16)17/h6-7H,3-5H2,1-2H3,(H,16,17). The molecule has 19 heavy (non-hydrogen) atoms. The number of ketones is 1. The smallest absolute Gasteiger partial charge is 0.303 e. The highest BCUT2D eigenvalue weighted by Crippen LogP contribution is 2.33. The van der Waals surface area contributed by atoms with E-state index in [9.17, 15) is 14.4 Å². The summed E-state index contributed by atoms with van der Waals surface area (Å²) in [5.74, 6) is -1.97. The van der Waals surface area contributed by atoms with E-state index in [1.54, 1.807) is 6.07 Å². The van der Waals surface area contributed by atoms with Gasteiger partial charge in [0.25, 0.3) is 11.7 Å². The number of nitrogens with zero attached hydrogens (tertiary/aromatic N) is 1. The van der Waals surface area contributed by atoms with Crippen LogP contribution in [-0.2, 0) is 9.59 Å². The van der Waals surface area contributed by atoms with Crippen molar-refractivity contribution >= 4 is 23.3 Å². The quantitative estimate of drug-likeness (QED) is 0.837. The van der Waals surface area contributed by atoms with Crippen LogP contribution in [0.3, 0.4) is 0 Å². The first-order valence-corrected chi connectivity index (χ1v) is 6.11. The summed E-state index contributed by atoms with van der Waals surface area (Å²) >= 11 is 0. The van der Waals surface area contributed by atoms with E-state index in [0.717, 1.165) is 11.1 Å². The van der Waals surface area contributed by atoms with E-state index >= 15 is 0 Å². The first-order chi connectivity index (χ1) is 8.91. The van der Waals surface area contributed by atoms with Gasteiger partial charge in [-0.25, -0.2) is 0 Å². The maximum absolute atomic E-state index is 11.9. The predicted molar refractivity (Wildman–Crippen MR) is 69.5 cm³/mol. The van der Waals surface area contributed by atoms with E-state index in [2.05, 4.69) is 0 Å². The van der Waals surface area contributed by atoms with Crippen molar-refractivity contribution in [2.24, 2.45) is 0 Å². The van der Waals surface area contributed by atoms with Crippen molar-refractivity contribution in [3.8, 4) is 0 Å². The lowest BCUT2D eigenvalue weighted by molar-refractivity contribution is -0.137. The van der Waals surface area contributed by atoms with Crippen LogP contribution in [0.1, 0.15) is 34.3 Å².